The molecule has 12 rings (SSSR count). The Morgan fingerprint density at radius 3 is 1.02 bits per heavy atom. The molecule has 0 radical (unpaired) electrons. The lowest BCUT2D eigenvalue weighted by molar-refractivity contribution is 0.442. The van der Waals surface area contributed by atoms with Crippen LogP contribution in [-0.4, -0.2) is 15.8 Å². The van der Waals surface area contributed by atoms with E-state index in [1.807, 2.05) is 18.2 Å². The largest absolute Gasteiger partial charge is 0.458 e. The van der Waals surface area contributed by atoms with Crippen LogP contribution in [0.4, 0.5) is 0 Å². The van der Waals surface area contributed by atoms with E-state index in [0.717, 1.165) is 84.3 Å². The number of para-hydroxylation sites is 4. The molecule has 0 aliphatic carbocycles. The standard InChI is InChI=1S/C42H23BN2O3/c1-5-14-30-26(10-1)27-11-2-6-15-31(27)44(30)24-20-36-41-38(22-24)48-39-23-25(45-32-16-7-3-12-28(32)29-13-4-8-17-33(29)45)21-37-42(39)43(41)40-34(46-36)18-9-19-35(40)47-37/h1-23H. The van der Waals surface area contributed by atoms with Gasteiger partial charge in [-0.3, -0.25) is 0 Å². The van der Waals surface area contributed by atoms with Gasteiger partial charge in [0.25, 0.3) is 6.71 Å². The highest BCUT2D eigenvalue weighted by atomic mass is 16.5. The second-order valence-electron chi connectivity index (χ2n) is 12.9. The van der Waals surface area contributed by atoms with Crippen LogP contribution in [0, 0.1) is 0 Å². The first-order chi connectivity index (χ1) is 23.8. The van der Waals surface area contributed by atoms with Crippen LogP contribution in [0.2, 0.25) is 0 Å². The lowest BCUT2D eigenvalue weighted by Crippen LogP contribution is -2.59. The van der Waals surface area contributed by atoms with Gasteiger partial charge in [-0.15, -0.1) is 0 Å². The number of benzene rings is 7. The van der Waals surface area contributed by atoms with E-state index in [9.17, 15) is 0 Å². The molecule has 0 spiro atoms. The van der Waals surface area contributed by atoms with Crippen molar-refractivity contribution in [3.8, 4) is 45.9 Å². The summed E-state index contributed by atoms with van der Waals surface area (Å²) in [5.74, 6) is 4.86. The molecule has 222 valence electrons. The van der Waals surface area contributed by atoms with Crippen molar-refractivity contribution >= 4 is 66.7 Å². The summed E-state index contributed by atoms with van der Waals surface area (Å²) in [6, 6.07) is 49.1. The predicted octanol–water partition coefficient (Wildman–Crippen LogP) is 8.71. The second kappa shape index (κ2) is 8.69. The van der Waals surface area contributed by atoms with Crippen molar-refractivity contribution in [1.29, 1.82) is 0 Å². The molecule has 9 aromatic rings. The molecule has 3 aliphatic rings. The summed E-state index contributed by atoms with van der Waals surface area (Å²) in [6.07, 6.45) is 0. The Balaban J connectivity index is 1.14. The second-order valence-corrected chi connectivity index (χ2v) is 12.9. The van der Waals surface area contributed by atoms with Gasteiger partial charge < -0.3 is 23.3 Å². The molecule has 3 aliphatic heterocycles. The summed E-state index contributed by atoms with van der Waals surface area (Å²) in [7, 11) is 0. The number of aromatic nitrogens is 2. The third-order valence-corrected chi connectivity index (χ3v) is 10.4. The maximum absolute atomic E-state index is 6.99. The first-order valence-electron chi connectivity index (χ1n) is 16.3. The highest BCUT2D eigenvalue weighted by Gasteiger charge is 2.47. The number of hydrogen-bond donors (Lipinski definition) is 0. The van der Waals surface area contributed by atoms with Crippen molar-refractivity contribution in [2.75, 3.05) is 0 Å². The molecular weight excluding hydrogens is 591 g/mol. The summed E-state index contributed by atoms with van der Waals surface area (Å²) in [5, 5.41) is 4.86. The van der Waals surface area contributed by atoms with E-state index in [1.165, 1.54) is 21.5 Å². The Bertz CT molecular complexity index is 2600. The first-order valence-corrected chi connectivity index (χ1v) is 16.3. The number of hydrogen-bond acceptors (Lipinski definition) is 3. The molecule has 6 heteroatoms. The quantitative estimate of drug-likeness (QED) is 0.183. The lowest BCUT2D eigenvalue weighted by Gasteiger charge is -2.38. The zero-order chi connectivity index (χ0) is 31.1. The van der Waals surface area contributed by atoms with Crippen LogP contribution < -0.4 is 30.6 Å². The third-order valence-electron chi connectivity index (χ3n) is 10.4. The molecule has 0 N–H and O–H groups in total. The Morgan fingerprint density at radius 2 is 0.646 bits per heavy atom. The molecule has 0 atom stereocenters. The van der Waals surface area contributed by atoms with Crippen LogP contribution in [-0.2, 0) is 0 Å². The molecule has 0 saturated heterocycles. The fourth-order valence-corrected chi connectivity index (χ4v) is 8.52. The number of nitrogens with zero attached hydrogens (tertiary/aromatic N) is 2. The summed E-state index contributed by atoms with van der Waals surface area (Å²) < 4.78 is 25.1. The van der Waals surface area contributed by atoms with Crippen molar-refractivity contribution < 1.29 is 14.2 Å². The molecule has 0 fully saturated rings. The Hall–Kier alpha value is -6.40. The van der Waals surface area contributed by atoms with Crippen LogP contribution in [0.1, 0.15) is 0 Å². The molecule has 0 bridgehead atoms. The van der Waals surface area contributed by atoms with Gasteiger partial charge >= 0.3 is 0 Å². The molecule has 0 saturated carbocycles. The van der Waals surface area contributed by atoms with Gasteiger partial charge in [-0.2, -0.15) is 0 Å². The van der Waals surface area contributed by atoms with Crippen LogP contribution in [0.5, 0.6) is 34.5 Å². The van der Waals surface area contributed by atoms with Gasteiger partial charge in [0.05, 0.1) is 33.4 Å². The van der Waals surface area contributed by atoms with Gasteiger partial charge in [0.1, 0.15) is 34.5 Å². The maximum Gasteiger partial charge on any atom is 0.270 e. The van der Waals surface area contributed by atoms with Crippen molar-refractivity contribution in [3.63, 3.8) is 0 Å². The highest BCUT2D eigenvalue weighted by molar-refractivity contribution is 6.99. The molecular formula is C42H23BN2O3. The zero-order valence-electron chi connectivity index (χ0n) is 25.5. The van der Waals surface area contributed by atoms with Crippen LogP contribution >= 0.6 is 0 Å². The van der Waals surface area contributed by atoms with Crippen molar-refractivity contribution in [2.24, 2.45) is 0 Å². The number of fused-ring (bicyclic) bond motifs is 6. The fourth-order valence-electron chi connectivity index (χ4n) is 8.52. The minimum atomic E-state index is -0.0677. The molecule has 5 nitrogen and oxygen atoms in total. The minimum absolute atomic E-state index is 0.0677. The molecule has 7 aromatic carbocycles. The topological polar surface area (TPSA) is 37.5 Å². The van der Waals surface area contributed by atoms with Crippen LogP contribution in [0.25, 0.3) is 55.0 Å². The van der Waals surface area contributed by atoms with Crippen LogP contribution in [0.3, 0.4) is 0 Å². The summed E-state index contributed by atoms with van der Waals surface area (Å²) in [4.78, 5) is 0. The monoisotopic (exact) mass is 614 g/mol. The normalized spacial score (nSPS) is 13.5. The van der Waals surface area contributed by atoms with E-state index < -0.39 is 0 Å². The van der Waals surface area contributed by atoms with Gasteiger partial charge in [0.2, 0.25) is 0 Å². The first kappa shape index (κ1) is 24.8. The molecule has 0 amide bonds. The Labute approximate surface area is 274 Å². The number of rotatable bonds is 2. The van der Waals surface area contributed by atoms with Crippen molar-refractivity contribution in [3.05, 3.63) is 140 Å². The highest BCUT2D eigenvalue weighted by Crippen LogP contribution is 2.45. The molecule has 48 heavy (non-hydrogen) atoms. The third kappa shape index (κ3) is 3.03. The van der Waals surface area contributed by atoms with Gasteiger partial charge in [-0.05, 0) is 36.4 Å². The van der Waals surface area contributed by atoms with E-state index in [4.69, 9.17) is 14.2 Å². The van der Waals surface area contributed by atoms with Gasteiger partial charge in [0, 0.05) is 62.2 Å². The molecule has 5 heterocycles. The Morgan fingerprint density at radius 1 is 0.333 bits per heavy atom. The average molecular weight is 614 g/mol. The smallest absolute Gasteiger partial charge is 0.270 e. The van der Waals surface area contributed by atoms with E-state index in [0.29, 0.717) is 0 Å². The lowest BCUT2D eigenvalue weighted by atomic mass is 9.34. The van der Waals surface area contributed by atoms with E-state index in [2.05, 4.69) is 130 Å². The van der Waals surface area contributed by atoms with E-state index >= 15 is 0 Å². The Kier molecular flexibility index (Phi) is 4.49. The minimum Gasteiger partial charge on any atom is -0.458 e. The van der Waals surface area contributed by atoms with Crippen molar-refractivity contribution in [1.82, 2.24) is 9.13 Å². The summed E-state index contributed by atoms with van der Waals surface area (Å²) in [5.41, 5.74) is 9.69. The SMILES string of the molecule is c1cc2c3c(c1)Oc1cc(-n4c5ccccc5c5ccccc54)cc4c1B3c1c(cc(-n3c5ccccc5c5ccccc53)cc1O4)O2. The van der Waals surface area contributed by atoms with E-state index in [1.54, 1.807) is 0 Å². The maximum atomic E-state index is 6.99. The van der Waals surface area contributed by atoms with Crippen LogP contribution in [0.15, 0.2) is 140 Å². The van der Waals surface area contributed by atoms with Crippen molar-refractivity contribution in [2.45, 2.75) is 0 Å². The van der Waals surface area contributed by atoms with E-state index in [-0.39, 0.29) is 6.71 Å². The van der Waals surface area contributed by atoms with Gasteiger partial charge in [-0.25, -0.2) is 0 Å². The van der Waals surface area contributed by atoms with Gasteiger partial charge in [-0.1, -0.05) is 78.9 Å². The fraction of sp³-hybridized carbons (Fsp3) is 0. The summed E-state index contributed by atoms with van der Waals surface area (Å²) >= 11 is 0. The summed E-state index contributed by atoms with van der Waals surface area (Å²) in [6.45, 7) is -0.0677. The predicted molar refractivity (Wildman–Crippen MR) is 193 cm³/mol. The molecule has 2 aromatic heterocycles. The van der Waals surface area contributed by atoms with Gasteiger partial charge in [0.15, 0.2) is 0 Å². The zero-order valence-corrected chi connectivity index (χ0v) is 25.5. The molecule has 0 unspecified atom stereocenters. The average Bonchev–Trinajstić information content (AvgIpc) is 3.64. The number of ether oxygens (including phenoxy) is 3.